The summed E-state index contributed by atoms with van der Waals surface area (Å²) >= 11 is 0. The maximum Gasteiger partial charge on any atom is 0.263 e. The molecule has 0 aliphatic rings. The fourth-order valence-corrected chi connectivity index (χ4v) is 4.16. The van der Waals surface area contributed by atoms with Crippen LogP contribution in [0.2, 0.25) is 0 Å². The smallest absolute Gasteiger partial charge is 0.263 e. The number of hydrogen-bond acceptors (Lipinski definition) is 3. The number of nitrogens with zero attached hydrogens (tertiary/aromatic N) is 1. The number of aryl methyl sites for hydroxylation is 2. The quantitative estimate of drug-likeness (QED) is 0.542. The van der Waals surface area contributed by atoms with Crippen LogP contribution in [-0.2, 0) is 10.0 Å². The third-order valence-corrected chi connectivity index (χ3v) is 5.67. The Labute approximate surface area is 167 Å². The van der Waals surface area contributed by atoms with E-state index in [-0.39, 0.29) is 12.1 Å². The summed E-state index contributed by atoms with van der Waals surface area (Å²) in [6.07, 6.45) is 4.07. The first-order chi connectivity index (χ1) is 13.3. The number of aromatic nitrogens is 1. The summed E-state index contributed by atoms with van der Waals surface area (Å²) in [6, 6.07) is 15.7. The molecule has 5 heteroatoms. The molecule has 0 atom stereocenters. The molecule has 0 amide bonds. The van der Waals surface area contributed by atoms with Crippen LogP contribution in [0.4, 0.5) is 5.82 Å². The molecular weight excluding hydrogens is 368 g/mol. The van der Waals surface area contributed by atoms with E-state index in [1.54, 1.807) is 6.07 Å². The highest BCUT2D eigenvalue weighted by Gasteiger charge is 2.17. The summed E-state index contributed by atoms with van der Waals surface area (Å²) in [6.45, 7) is 11.2. The van der Waals surface area contributed by atoms with Crippen molar-refractivity contribution in [1.82, 2.24) is 4.98 Å². The number of hydrogen-bond donors (Lipinski definition) is 1. The van der Waals surface area contributed by atoms with Gasteiger partial charge in [0.1, 0.15) is 5.82 Å². The van der Waals surface area contributed by atoms with Gasteiger partial charge in [0.15, 0.2) is 0 Å². The van der Waals surface area contributed by atoms with Crippen LogP contribution in [0.15, 0.2) is 84.8 Å². The van der Waals surface area contributed by atoms with Crippen molar-refractivity contribution in [2.75, 3.05) is 4.72 Å². The summed E-state index contributed by atoms with van der Waals surface area (Å²) in [5.74, 6) is 0.254. The van der Waals surface area contributed by atoms with Crippen LogP contribution < -0.4 is 4.72 Å². The highest BCUT2D eigenvalue weighted by Crippen LogP contribution is 2.31. The molecule has 0 unspecified atom stereocenters. The van der Waals surface area contributed by atoms with Crippen molar-refractivity contribution in [2.24, 2.45) is 0 Å². The number of nitrogens with one attached hydrogen (secondary N) is 1. The lowest BCUT2D eigenvalue weighted by Gasteiger charge is -2.13. The topological polar surface area (TPSA) is 59.1 Å². The molecule has 0 saturated carbocycles. The second-order valence-corrected chi connectivity index (χ2v) is 8.25. The van der Waals surface area contributed by atoms with Crippen molar-refractivity contribution in [3.8, 4) is 11.3 Å². The van der Waals surface area contributed by atoms with Gasteiger partial charge in [0.25, 0.3) is 10.0 Å². The minimum absolute atomic E-state index is 0. The van der Waals surface area contributed by atoms with Crippen molar-refractivity contribution in [3.63, 3.8) is 0 Å². The van der Waals surface area contributed by atoms with Gasteiger partial charge in [-0.25, -0.2) is 13.4 Å². The molecule has 144 valence electrons. The average molecular weight is 393 g/mol. The fraction of sp³-hybridized carbons (Fsp3) is 0.0870. The molecule has 0 bridgehead atoms. The Kier molecular flexibility index (Phi) is 5.47. The lowest BCUT2D eigenvalue weighted by Crippen LogP contribution is -2.15. The van der Waals surface area contributed by atoms with Crippen LogP contribution in [0.5, 0.6) is 0 Å². The summed E-state index contributed by atoms with van der Waals surface area (Å²) in [5.41, 5.74) is 3.92. The van der Waals surface area contributed by atoms with Crippen LogP contribution in [0.1, 0.15) is 12.6 Å². The van der Waals surface area contributed by atoms with Gasteiger partial charge in [-0.05, 0) is 49.6 Å². The third-order valence-electron chi connectivity index (χ3n) is 4.27. The lowest BCUT2D eigenvalue weighted by molar-refractivity contribution is 0.607. The standard InChI is InChI=1S/C23H22N2O2S.H2/c1-5-9-20(6-2)28(26,27)25-22-15-18-10-7-8-11-21(18)23(24-22)19-13-16(3)12-17(4)14-19;/h5-15H,1-2H2,3-4H3,(H,24,25);1H/b20-9+;. The van der Waals surface area contributed by atoms with E-state index in [0.717, 1.165) is 33.2 Å². The molecule has 4 nitrogen and oxygen atoms in total. The average Bonchev–Trinajstić information content (AvgIpc) is 2.64. The van der Waals surface area contributed by atoms with Crippen LogP contribution >= 0.6 is 0 Å². The van der Waals surface area contributed by atoms with Gasteiger partial charge in [-0.2, -0.15) is 0 Å². The second-order valence-electron chi connectivity index (χ2n) is 6.57. The number of rotatable bonds is 6. The van der Waals surface area contributed by atoms with Crippen molar-refractivity contribution in [3.05, 3.63) is 95.9 Å². The van der Waals surface area contributed by atoms with Crippen LogP contribution in [-0.4, -0.2) is 13.4 Å². The van der Waals surface area contributed by atoms with E-state index in [1.165, 1.54) is 18.2 Å². The van der Waals surface area contributed by atoms with Crippen molar-refractivity contribution >= 4 is 26.6 Å². The van der Waals surface area contributed by atoms with Crippen molar-refractivity contribution in [2.45, 2.75) is 13.8 Å². The number of benzene rings is 2. The normalized spacial score (nSPS) is 12.0. The molecule has 28 heavy (non-hydrogen) atoms. The molecule has 3 rings (SSSR count). The summed E-state index contributed by atoms with van der Waals surface area (Å²) in [4.78, 5) is 4.67. The highest BCUT2D eigenvalue weighted by molar-refractivity contribution is 7.96. The van der Waals surface area contributed by atoms with Crippen LogP contribution in [0.25, 0.3) is 22.0 Å². The maximum absolute atomic E-state index is 12.7. The van der Waals surface area contributed by atoms with Gasteiger partial charge in [-0.3, -0.25) is 4.72 Å². The number of anilines is 1. The zero-order chi connectivity index (χ0) is 20.3. The number of allylic oxidation sites excluding steroid dienone is 3. The van der Waals surface area contributed by atoms with Gasteiger partial charge in [-0.15, -0.1) is 0 Å². The molecular formula is C23H24N2O2S. The molecule has 0 spiro atoms. The Morgan fingerprint density at radius 1 is 1.07 bits per heavy atom. The molecule has 0 aliphatic heterocycles. The molecule has 0 radical (unpaired) electrons. The maximum atomic E-state index is 12.7. The van der Waals surface area contributed by atoms with E-state index in [0.29, 0.717) is 0 Å². The zero-order valence-electron chi connectivity index (χ0n) is 15.9. The number of sulfonamides is 1. The third kappa shape index (κ3) is 4.05. The largest absolute Gasteiger partial charge is 0.263 e. The minimum atomic E-state index is -3.81. The first-order valence-corrected chi connectivity index (χ1v) is 10.3. The second kappa shape index (κ2) is 7.82. The van der Waals surface area contributed by atoms with Crippen LogP contribution in [0, 0.1) is 13.8 Å². The predicted molar refractivity (Wildman–Crippen MR) is 120 cm³/mol. The molecule has 1 N–H and O–H groups in total. The zero-order valence-corrected chi connectivity index (χ0v) is 16.8. The first kappa shape index (κ1) is 19.6. The van der Waals surface area contributed by atoms with Gasteiger partial charge in [-0.1, -0.05) is 60.7 Å². The first-order valence-electron chi connectivity index (χ1n) is 8.80. The Hall–Kier alpha value is -3.18. The summed E-state index contributed by atoms with van der Waals surface area (Å²) in [7, 11) is -3.81. The van der Waals surface area contributed by atoms with Crippen LogP contribution in [0.3, 0.4) is 0 Å². The molecule has 1 aromatic heterocycles. The van der Waals surface area contributed by atoms with Gasteiger partial charge < -0.3 is 0 Å². The monoisotopic (exact) mass is 392 g/mol. The van der Waals surface area contributed by atoms with E-state index in [1.807, 2.05) is 50.2 Å². The summed E-state index contributed by atoms with van der Waals surface area (Å²) in [5, 5.41) is 1.86. The van der Waals surface area contributed by atoms with Gasteiger partial charge in [0.05, 0.1) is 10.6 Å². The van der Waals surface area contributed by atoms with E-state index in [9.17, 15) is 8.42 Å². The SMILES string of the molecule is C=C/C=C(\C=C)S(=O)(=O)Nc1cc2ccccc2c(-c2cc(C)cc(C)c2)n1.[HH]. The highest BCUT2D eigenvalue weighted by atomic mass is 32.2. The Balaban J connectivity index is 0.00000300. The van der Waals surface area contributed by atoms with E-state index in [4.69, 9.17) is 0 Å². The van der Waals surface area contributed by atoms with Crippen molar-refractivity contribution < 1.29 is 9.84 Å². The predicted octanol–water partition coefficient (Wildman–Crippen LogP) is 5.76. The molecule has 2 aromatic carbocycles. The Morgan fingerprint density at radius 3 is 2.39 bits per heavy atom. The van der Waals surface area contributed by atoms with Crippen molar-refractivity contribution in [1.29, 1.82) is 0 Å². The van der Waals surface area contributed by atoms with Gasteiger partial charge in [0.2, 0.25) is 0 Å². The van der Waals surface area contributed by atoms with E-state index in [2.05, 4.69) is 28.9 Å². The Morgan fingerprint density at radius 2 is 1.75 bits per heavy atom. The fourth-order valence-electron chi connectivity index (χ4n) is 3.16. The molecule has 1 heterocycles. The molecule has 0 saturated heterocycles. The minimum Gasteiger partial charge on any atom is -0.263 e. The number of fused-ring (bicyclic) bond motifs is 1. The molecule has 0 aliphatic carbocycles. The molecule has 3 aromatic rings. The van der Waals surface area contributed by atoms with Gasteiger partial charge in [0, 0.05) is 12.4 Å². The lowest BCUT2D eigenvalue weighted by atomic mass is 10.0. The van der Waals surface area contributed by atoms with Gasteiger partial charge >= 0.3 is 0 Å². The van der Waals surface area contributed by atoms with E-state index >= 15 is 0 Å². The number of pyridine rings is 1. The Bertz CT molecular complexity index is 1190. The molecule has 0 fully saturated rings. The van der Waals surface area contributed by atoms with E-state index < -0.39 is 10.0 Å². The summed E-state index contributed by atoms with van der Waals surface area (Å²) < 4.78 is 27.9.